The standard InChI is InChI=1S/C29H39N2O9PS2/c1-8-37-41(33,38-9-2)18-26-27(19(3)4)42-29(30-26)31-28(32)21-14-23(39-20(5)17-36-6)16-24(15-21)40-22-10-12-25(13-11-22)43(7,34)35/h10-16,19-20H,8-9,17-18H2,1-7H3,(H,30,31,32)/t20-/m0/s1. The molecule has 1 heterocycles. The van der Waals surface area contributed by atoms with Crippen LogP contribution >= 0.6 is 18.9 Å². The lowest BCUT2D eigenvalue weighted by Crippen LogP contribution is -2.18. The molecule has 1 amide bonds. The van der Waals surface area contributed by atoms with Crippen LogP contribution < -0.4 is 14.8 Å². The summed E-state index contributed by atoms with van der Waals surface area (Å²) >= 11 is 1.30. The minimum atomic E-state index is -3.41. The Morgan fingerprint density at radius 3 is 2.19 bits per heavy atom. The molecule has 0 aliphatic rings. The molecule has 14 heteroatoms. The van der Waals surface area contributed by atoms with E-state index < -0.39 is 23.3 Å². The number of aromatic nitrogens is 1. The lowest BCUT2D eigenvalue weighted by molar-refractivity contribution is 0.0916. The highest BCUT2D eigenvalue weighted by atomic mass is 32.2. The first-order valence-electron chi connectivity index (χ1n) is 13.7. The second kappa shape index (κ2) is 15.3. The average Bonchev–Trinajstić information content (AvgIpc) is 3.30. The molecule has 3 aromatic rings. The largest absolute Gasteiger partial charge is 0.488 e. The average molecular weight is 655 g/mol. The summed E-state index contributed by atoms with van der Waals surface area (Å²) in [5.41, 5.74) is 0.787. The van der Waals surface area contributed by atoms with Gasteiger partial charge in [0.1, 0.15) is 23.4 Å². The maximum Gasteiger partial charge on any atom is 0.336 e. The second-order valence-corrected chi connectivity index (χ2v) is 15.1. The lowest BCUT2D eigenvalue weighted by atomic mass is 10.1. The molecule has 43 heavy (non-hydrogen) atoms. The number of hydrogen-bond donors (Lipinski definition) is 1. The highest BCUT2D eigenvalue weighted by Gasteiger charge is 2.29. The Morgan fingerprint density at radius 1 is 1.00 bits per heavy atom. The molecule has 0 spiro atoms. The normalized spacial score (nSPS) is 12.7. The molecule has 0 aliphatic heterocycles. The molecule has 2 aromatic carbocycles. The van der Waals surface area contributed by atoms with Crippen molar-refractivity contribution in [1.82, 2.24) is 4.98 Å². The van der Waals surface area contributed by atoms with Crippen LogP contribution in [0.4, 0.5) is 5.13 Å². The number of anilines is 1. The van der Waals surface area contributed by atoms with Crippen molar-refractivity contribution in [2.75, 3.05) is 38.5 Å². The van der Waals surface area contributed by atoms with Crippen LogP contribution in [0.2, 0.25) is 0 Å². The van der Waals surface area contributed by atoms with E-state index in [9.17, 15) is 17.8 Å². The number of carbonyl (C=O) groups is 1. The first-order chi connectivity index (χ1) is 20.3. The van der Waals surface area contributed by atoms with Crippen LogP contribution in [0.15, 0.2) is 47.4 Å². The van der Waals surface area contributed by atoms with Crippen LogP contribution in [0, 0.1) is 0 Å². The van der Waals surface area contributed by atoms with E-state index in [0.29, 0.717) is 34.7 Å². The Kier molecular flexibility index (Phi) is 12.3. The molecule has 0 fully saturated rings. The molecule has 11 nitrogen and oxygen atoms in total. The molecule has 1 atom stereocenters. The van der Waals surface area contributed by atoms with Gasteiger partial charge in [-0.15, -0.1) is 11.3 Å². The van der Waals surface area contributed by atoms with Gasteiger partial charge in [0.2, 0.25) is 0 Å². The SMILES string of the molecule is CCOP(=O)(Cc1nc(NC(=O)c2cc(Oc3ccc(S(C)(=O)=O)cc3)cc(O[C@@H](C)COC)c2)sc1C(C)C)OCC. The van der Waals surface area contributed by atoms with Gasteiger partial charge in [-0.3, -0.25) is 14.7 Å². The zero-order valence-corrected chi connectivity index (χ0v) is 27.9. The molecule has 0 radical (unpaired) electrons. The number of sulfone groups is 1. The number of carbonyl (C=O) groups excluding carboxylic acids is 1. The van der Waals surface area contributed by atoms with Crippen LogP contribution in [0.5, 0.6) is 17.2 Å². The van der Waals surface area contributed by atoms with Crippen LogP contribution in [0.3, 0.4) is 0 Å². The number of methoxy groups -OCH3 is 1. The summed E-state index contributed by atoms with van der Waals surface area (Å²) < 4.78 is 64.8. The highest BCUT2D eigenvalue weighted by Crippen LogP contribution is 2.52. The van der Waals surface area contributed by atoms with E-state index in [1.165, 1.54) is 35.6 Å². The Hall–Kier alpha value is -2.80. The summed E-state index contributed by atoms with van der Waals surface area (Å²) in [5.74, 6) is 0.645. The van der Waals surface area contributed by atoms with Crippen molar-refractivity contribution in [2.45, 2.75) is 57.7 Å². The molecule has 236 valence electrons. The topological polar surface area (TPSA) is 139 Å². The summed E-state index contributed by atoms with van der Waals surface area (Å²) in [6.45, 7) is 10.1. The summed E-state index contributed by atoms with van der Waals surface area (Å²) in [5, 5.41) is 3.17. The Morgan fingerprint density at radius 2 is 1.63 bits per heavy atom. The smallest absolute Gasteiger partial charge is 0.336 e. The van der Waals surface area contributed by atoms with Crippen LogP contribution in [-0.4, -0.2) is 58.6 Å². The van der Waals surface area contributed by atoms with Gasteiger partial charge in [-0.1, -0.05) is 13.8 Å². The van der Waals surface area contributed by atoms with Gasteiger partial charge >= 0.3 is 7.60 Å². The van der Waals surface area contributed by atoms with Gasteiger partial charge in [-0.05, 0) is 63.1 Å². The summed E-state index contributed by atoms with van der Waals surface area (Å²) in [7, 11) is -5.21. The molecule has 0 bridgehead atoms. The van der Waals surface area contributed by atoms with E-state index >= 15 is 0 Å². The molecular weight excluding hydrogens is 615 g/mol. The van der Waals surface area contributed by atoms with Gasteiger partial charge in [-0.25, -0.2) is 13.4 Å². The molecule has 3 rings (SSSR count). The maximum absolute atomic E-state index is 13.5. The number of nitrogens with one attached hydrogen (secondary N) is 1. The van der Waals surface area contributed by atoms with Crippen molar-refractivity contribution in [2.24, 2.45) is 0 Å². The van der Waals surface area contributed by atoms with E-state index in [2.05, 4.69) is 10.3 Å². The summed E-state index contributed by atoms with van der Waals surface area (Å²) in [6, 6.07) is 10.7. The van der Waals surface area contributed by atoms with Crippen LogP contribution in [0.25, 0.3) is 0 Å². The monoisotopic (exact) mass is 654 g/mol. The van der Waals surface area contributed by atoms with E-state index in [0.717, 1.165) is 11.1 Å². The molecule has 1 N–H and O–H groups in total. The van der Waals surface area contributed by atoms with Crippen molar-refractivity contribution in [3.8, 4) is 17.2 Å². The fourth-order valence-electron chi connectivity index (χ4n) is 4.08. The first-order valence-corrected chi connectivity index (χ1v) is 18.2. The molecule has 1 aromatic heterocycles. The van der Waals surface area contributed by atoms with Crippen molar-refractivity contribution in [3.05, 3.63) is 58.6 Å². The molecule has 0 unspecified atom stereocenters. The maximum atomic E-state index is 13.5. The third kappa shape index (κ3) is 10.1. The van der Waals surface area contributed by atoms with E-state index in [1.807, 2.05) is 20.8 Å². The minimum Gasteiger partial charge on any atom is -0.488 e. The Bertz CT molecular complexity index is 1530. The van der Waals surface area contributed by atoms with Crippen LogP contribution in [0.1, 0.15) is 61.5 Å². The number of benzene rings is 2. The van der Waals surface area contributed by atoms with Gasteiger partial charge in [0.25, 0.3) is 5.91 Å². The minimum absolute atomic E-state index is 0.00854. The number of thiazole rings is 1. The van der Waals surface area contributed by atoms with Crippen molar-refractivity contribution >= 4 is 39.8 Å². The van der Waals surface area contributed by atoms with Gasteiger partial charge in [0.15, 0.2) is 15.0 Å². The molecule has 0 saturated carbocycles. The zero-order valence-electron chi connectivity index (χ0n) is 25.4. The lowest BCUT2D eigenvalue weighted by Gasteiger charge is -2.17. The van der Waals surface area contributed by atoms with Crippen molar-refractivity contribution in [3.63, 3.8) is 0 Å². The second-order valence-electron chi connectivity index (χ2n) is 9.97. The Labute approximate surface area is 257 Å². The fourth-order valence-corrected chi connectivity index (χ4v) is 7.45. The molecular formula is C29H39N2O9PS2. The molecule has 0 saturated heterocycles. The van der Waals surface area contributed by atoms with Gasteiger partial charge < -0.3 is 23.3 Å². The van der Waals surface area contributed by atoms with E-state index in [1.54, 1.807) is 39.2 Å². The number of rotatable bonds is 16. The van der Waals surface area contributed by atoms with E-state index in [-0.39, 0.29) is 41.9 Å². The van der Waals surface area contributed by atoms with Crippen molar-refractivity contribution < 1.29 is 41.0 Å². The number of ether oxygens (including phenoxy) is 3. The molecule has 0 aliphatic carbocycles. The quantitative estimate of drug-likeness (QED) is 0.162. The number of nitrogens with zero attached hydrogens (tertiary/aromatic N) is 1. The predicted molar refractivity (Wildman–Crippen MR) is 167 cm³/mol. The van der Waals surface area contributed by atoms with Gasteiger partial charge in [0, 0.05) is 29.9 Å². The first kappa shape index (κ1) is 34.7. The van der Waals surface area contributed by atoms with Crippen molar-refractivity contribution in [1.29, 1.82) is 0 Å². The highest BCUT2D eigenvalue weighted by molar-refractivity contribution is 7.90. The third-order valence-corrected chi connectivity index (χ3v) is 10.3. The van der Waals surface area contributed by atoms with E-state index in [4.69, 9.17) is 23.3 Å². The zero-order chi connectivity index (χ0) is 31.8. The van der Waals surface area contributed by atoms with Gasteiger partial charge in [0.05, 0.1) is 36.6 Å². The number of hydrogen-bond acceptors (Lipinski definition) is 11. The predicted octanol–water partition coefficient (Wildman–Crippen LogP) is 6.89. The fraction of sp³-hybridized carbons (Fsp3) is 0.448. The third-order valence-electron chi connectivity index (χ3n) is 5.84. The summed E-state index contributed by atoms with van der Waals surface area (Å²) in [4.78, 5) is 19.1. The number of amides is 1. The Balaban J connectivity index is 1.91. The van der Waals surface area contributed by atoms with Gasteiger partial charge in [-0.2, -0.15) is 0 Å². The van der Waals surface area contributed by atoms with Crippen LogP contribution in [-0.2, 0) is 34.3 Å². The summed E-state index contributed by atoms with van der Waals surface area (Å²) in [6.07, 6.45) is 0.805.